The predicted molar refractivity (Wildman–Crippen MR) is 171 cm³/mol. The molecule has 0 aromatic heterocycles. The van der Waals surface area contributed by atoms with Crippen molar-refractivity contribution in [2.75, 3.05) is 6.54 Å². The Morgan fingerprint density at radius 2 is 1.62 bits per heavy atom. The molecular formula is C34H43N5O6. The van der Waals surface area contributed by atoms with Gasteiger partial charge in [-0.1, -0.05) is 42.5 Å². The fraction of sp³-hybridized carbons (Fsp3) is 0.412. The molecular weight excluding hydrogens is 574 g/mol. The van der Waals surface area contributed by atoms with Gasteiger partial charge >= 0.3 is 0 Å². The van der Waals surface area contributed by atoms with Gasteiger partial charge in [0, 0.05) is 17.5 Å². The second kappa shape index (κ2) is 13.7. The molecule has 0 bridgehead atoms. The molecule has 1 aliphatic rings. The number of rotatable bonds is 12. The lowest BCUT2D eigenvalue weighted by atomic mass is 9.82. The highest BCUT2D eigenvalue weighted by Gasteiger charge is 2.51. The number of phenols is 1. The molecule has 1 fully saturated rings. The van der Waals surface area contributed by atoms with Gasteiger partial charge in [-0.25, -0.2) is 0 Å². The number of aliphatic hydroxyl groups excluding tert-OH is 1. The molecule has 4 rings (SSSR count). The minimum Gasteiger partial charge on any atom is -0.508 e. The molecule has 0 radical (unpaired) electrons. The van der Waals surface area contributed by atoms with Gasteiger partial charge in [-0.15, -0.1) is 0 Å². The summed E-state index contributed by atoms with van der Waals surface area (Å²) in [6.45, 7) is 6.55. The van der Waals surface area contributed by atoms with Crippen LogP contribution in [0.15, 0.2) is 66.7 Å². The van der Waals surface area contributed by atoms with Crippen molar-refractivity contribution in [3.8, 4) is 5.75 Å². The van der Waals surface area contributed by atoms with Crippen LogP contribution in [0.2, 0.25) is 0 Å². The van der Waals surface area contributed by atoms with Gasteiger partial charge in [0.25, 0.3) is 5.91 Å². The highest BCUT2D eigenvalue weighted by atomic mass is 16.3. The summed E-state index contributed by atoms with van der Waals surface area (Å²) in [6, 6.07) is 16.6. The Labute approximate surface area is 263 Å². The molecule has 0 saturated carbocycles. The fourth-order valence-corrected chi connectivity index (χ4v) is 6.35. The third kappa shape index (κ3) is 7.98. The summed E-state index contributed by atoms with van der Waals surface area (Å²) in [6.07, 6.45) is -0.488. The van der Waals surface area contributed by atoms with E-state index in [1.807, 2.05) is 49.9 Å². The van der Waals surface area contributed by atoms with Crippen molar-refractivity contribution in [1.29, 1.82) is 0 Å². The number of aliphatic hydroxyl groups is 1. The van der Waals surface area contributed by atoms with Crippen LogP contribution in [-0.2, 0) is 20.8 Å². The first-order chi connectivity index (χ1) is 21.2. The van der Waals surface area contributed by atoms with Crippen molar-refractivity contribution in [3.05, 3.63) is 77.9 Å². The number of nitrogens with two attached hydrogens (primary N) is 2. The zero-order valence-electron chi connectivity index (χ0n) is 26.0. The van der Waals surface area contributed by atoms with E-state index in [-0.39, 0.29) is 18.6 Å². The van der Waals surface area contributed by atoms with Gasteiger partial charge in [-0.3, -0.25) is 24.1 Å². The van der Waals surface area contributed by atoms with E-state index in [4.69, 9.17) is 11.5 Å². The largest absolute Gasteiger partial charge is 0.508 e. The molecule has 11 heteroatoms. The lowest BCUT2D eigenvalue weighted by molar-refractivity contribution is -0.135. The second-order valence-corrected chi connectivity index (χ2v) is 12.8. The number of aromatic hydroxyl groups is 1. The third-order valence-corrected chi connectivity index (χ3v) is 8.53. The quantitative estimate of drug-likeness (QED) is 0.179. The summed E-state index contributed by atoms with van der Waals surface area (Å²) in [5.74, 6) is -2.60. The Balaban J connectivity index is 1.60. The van der Waals surface area contributed by atoms with Gasteiger partial charge < -0.3 is 32.3 Å². The van der Waals surface area contributed by atoms with Gasteiger partial charge in [0.05, 0.1) is 18.6 Å². The number of carbonyl (C=O) groups excluding carboxylic acids is 4. The molecule has 0 unspecified atom stereocenters. The summed E-state index contributed by atoms with van der Waals surface area (Å²) in [4.78, 5) is 53.9. The lowest BCUT2D eigenvalue weighted by Gasteiger charge is -2.46. The van der Waals surface area contributed by atoms with E-state index in [1.165, 1.54) is 12.1 Å². The summed E-state index contributed by atoms with van der Waals surface area (Å²) in [5, 5.41) is 28.6. The van der Waals surface area contributed by atoms with Crippen LogP contribution >= 0.6 is 0 Å². The number of carbonyl (C=O) groups is 4. The predicted octanol–water partition coefficient (Wildman–Crippen LogP) is 2.12. The van der Waals surface area contributed by atoms with Crippen LogP contribution in [0.4, 0.5) is 0 Å². The van der Waals surface area contributed by atoms with Crippen LogP contribution in [0, 0.1) is 0 Å². The number of fused-ring (bicyclic) bond motifs is 1. The molecule has 4 atom stereocenters. The number of benzene rings is 3. The molecule has 3 aromatic carbocycles. The maximum atomic E-state index is 13.7. The number of primary amides is 2. The van der Waals surface area contributed by atoms with Gasteiger partial charge in [0.1, 0.15) is 17.3 Å². The fourth-order valence-electron chi connectivity index (χ4n) is 6.35. The second-order valence-electron chi connectivity index (χ2n) is 12.8. The summed E-state index contributed by atoms with van der Waals surface area (Å²) >= 11 is 0. The molecule has 8 N–H and O–H groups in total. The van der Waals surface area contributed by atoms with Crippen LogP contribution in [0.3, 0.4) is 0 Å². The summed E-state index contributed by atoms with van der Waals surface area (Å²) in [7, 11) is 0. The maximum Gasteiger partial charge on any atom is 0.251 e. The number of amides is 4. The first-order valence-corrected chi connectivity index (χ1v) is 15.1. The standard InChI is InChI=1S/C34H43N5O6/c1-33(2,3)39-16-6-15-34(39,32(36)45)20-28(41)26(17-21-9-13-25(40)14-10-21)37-31(44)27(19-29(35)42)38-30(43)24-12-11-22-7-4-5-8-23(22)18-24/h4-5,7-14,18,26-28,40-41H,6,15-17,19-20H2,1-3H3,(H2,35,42)(H2,36,45)(H,37,44)(H,38,43)/t26-,27-,28+,34+/m0/s1. The molecule has 240 valence electrons. The minimum atomic E-state index is -1.33. The van der Waals surface area contributed by atoms with Crippen molar-refractivity contribution >= 4 is 34.4 Å². The molecule has 0 spiro atoms. The van der Waals surface area contributed by atoms with Gasteiger partial charge in [0.15, 0.2) is 0 Å². The van der Waals surface area contributed by atoms with Crippen LogP contribution in [0.25, 0.3) is 10.8 Å². The monoisotopic (exact) mass is 617 g/mol. The number of likely N-dealkylation sites (tertiary alicyclic amines) is 1. The van der Waals surface area contributed by atoms with Gasteiger partial charge in [-0.2, -0.15) is 0 Å². The highest BCUT2D eigenvalue weighted by molar-refractivity contribution is 6.01. The molecule has 4 amide bonds. The topological polar surface area (TPSA) is 188 Å². The Morgan fingerprint density at radius 1 is 0.956 bits per heavy atom. The Kier molecular flexibility index (Phi) is 10.1. The SMILES string of the molecule is CC(C)(C)N1CCC[C@@]1(C[C@@H](O)[C@H](Cc1ccc(O)cc1)NC(=O)[C@H](CC(N)=O)NC(=O)c1ccc2ccccc2c1)C(N)=O. The van der Waals surface area contributed by atoms with E-state index in [9.17, 15) is 29.4 Å². The number of hydrogen-bond donors (Lipinski definition) is 6. The molecule has 1 aliphatic heterocycles. The van der Waals surface area contributed by atoms with E-state index in [0.717, 1.165) is 10.8 Å². The molecule has 1 saturated heterocycles. The average Bonchev–Trinajstić information content (AvgIpc) is 3.42. The molecule has 3 aromatic rings. The number of nitrogens with one attached hydrogen (secondary N) is 2. The van der Waals surface area contributed by atoms with E-state index in [1.54, 1.807) is 30.3 Å². The van der Waals surface area contributed by atoms with Crippen LogP contribution in [0.5, 0.6) is 5.75 Å². The maximum absolute atomic E-state index is 13.7. The van der Waals surface area contributed by atoms with Crippen molar-refractivity contribution in [1.82, 2.24) is 15.5 Å². The summed E-state index contributed by atoms with van der Waals surface area (Å²) in [5.41, 5.74) is 10.9. The minimum absolute atomic E-state index is 0.0490. The molecule has 11 nitrogen and oxygen atoms in total. The van der Waals surface area contributed by atoms with Gasteiger partial charge in [-0.05, 0) is 87.2 Å². The zero-order valence-corrected chi connectivity index (χ0v) is 26.0. The summed E-state index contributed by atoms with van der Waals surface area (Å²) < 4.78 is 0. The number of phenolic OH excluding ortho intramolecular Hbond substituents is 1. The number of hydrogen-bond acceptors (Lipinski definition) is 7. The van der Waals surface area contributed by atoms with Gasteiger partial charge in [0.2, 0.25) is 17.7 Å². The van der Waals surface area contributed by atoms with Crippen LogP contribution < -0.4 is 22.1 Å². The zero-order chi connectivity index (χ0) is 32.9. The van der Waals surface area contributed by atoms with Crippen molar-refractivity contribution in [2.24, 2.45) is 11.5 Å². The third-order valence-electron chi connectivity index (χ3n) is 8.53. The van der Waals surface area contributed by atoms with E-state index in [2.05, 4.69) is 10.6 Å². The van der Waals surface area contributed by atoms with Crippen LogP contribution in [0.1, 0.15) is 62.4 Å². The van der Waals surface area contributed by atoms with Crippen molar-refractivity contribution < 1.29 is 29.4 Å². The first-order valence-electron chi connectivity index (χ1n) is 15.1. The first kappa shape index (κ1) is 33.4. The molecule has 45 heavy (non-hydrogen) atoms. The molecule has 1 heterocycles. The van der Waals surface area contributed by atoms with Crippen molar-refractivity contribution in [3.63, 3.8) is 0 Å². The normalized spacial score (nSPS) is 19.0. The van der Waals surface area contributed by atoms with E-state index >= 15 is 0 Å². The Morgan fingerprint density at radius 3 is 2.24 bits per heavy atom. The van der Waals surface area contributed by atoms with Crippen LogP contribution in [-0.4, -0.2) is 74.6 Å². The van der Waals surface area contributed by atoms with E-state index in [0.29, 0.717) is 30.5 Å². The van der Waals surface area contributed by atoms with E-state index < -0.39 is 59.3 Å². The highest BCUT2D eigenvalue weighted by Crippen LogP contribution is 2.39. The average molecular weight is 618 g/mol. The van der Waals surface area contributed by atoms with Crippen molar-refractivity contribution in [2.45, 2.75) is 82.1 Å². The smallest absolute Gasteiger partial charge is 0.251 e. The lowest BCUT2D eigenvalue weighted by Crippen LogP contribution is -2.63. The number of nitrogens with zero attached hydrogens (tertiary/aromatic N) is 1. The Hall–Kier alpha value is -4.48. The molecule has 0 aliphatic carbocycles. The Bertz CT molecular complexity index is 1550.